The highest BCUT2D eigenvalue weighted by atomic mass is 79.9. The van der Waals surface area contributed by atoms with E-state index in [2.05, 4.69) is 38.1 Å². The highest BCUT2D eigenvalue weighted by Gasteiger charge is 2.10. The average molecular weight is 359 g/mol. The Labute approximate surface area is 130 Å². The Kier molecular flexibility index (Phi) is 4.94. The second kappa shape index (κ2) is 6.50. The molecule has 3 nitrogen and oxygen atoms in total. The van der Waals surface area contributed by atoms with Crippen LogP contribution in [-0.2, 0) is 6.42 Å². The molecular formula is C14H14BrClFN3. The number of aromatic nitrogens is 2. The minimum atomic E-state index is -0.306. The van der Waals surface area contributed by atoms with Crippen LogP contribution in [0.25, 0.3) is 0 Å². The van der Waals surface area contributed by atoms with Crippen LogP contribution in [0.15, 0.2) is 22.7 Å². The van der Waals surface area contributed by atoms with Crippen LogP contribution < -0.4 is 5.32 Å². The van der Waals surface area contributed by atoms with E-state index in [4.69, 9.17) is 11.6 Å². The maximum atomic E-state index is 13.2. The van der Waals surface area contributed by atoms with E-state index in [1.165, 1.54) is 6.07 Å². The third kappa shape index (κ3) is 3.46. The van der Waals surface area contributed by atoms with Crippen LogP contribution in [0.2, 0.25) is 5.15 Å². The monoisotopic (exact) mass is 357 g/mol. The van der Waals surface area contributed by atoms with Crippen molar-refractivity contribution in [1.82, 2.24) is 9.97 Å². The number of nitrogens with one attached hydrogen (secondary N) is 1. The molecule has 0 bridgehead atoms. The average Bonchev–Trinajstić information content (AvgIpc) is 2.40. The summed E-state index contributed by atoms with van der Waals surface area (Å²) in [6, 6.07) is 4.69. The summed E-state index contributed by atoms with van der Waals surface area (Å²) in [6.07, 6.45) is 1.71. The molecule has 0 atom stereocenters. The van der Waals surface area contributed by atoms with Gasteiger partial charge in [0.2, 0.25) is 0 Å². The molecule has 0 spiro atoms. The molecule has 0 saturated carbocycles. The normalized spacial score (nSPS) is 10.7. The van der Waals surface area contributed by atoms with Crippen molar-refractivity contribution in [3.8, 4) is 0 Å². The van der Waals surface area contributed by atoms with Crippen LogP contribution in [0.3, 0.4) is 0 Å². The van der Waals surface area contributed by atoms with E-state index in [0.29, 0.717) is 21.3 Å². The molecule has 0 aliphatic rings. The van der Waals surface area contributed by atoms with Crippen LogP contribution in [0.1, 0.15) is 24.7 Å². The molecule has 0 amide bonds. The van der Waals surface area contributed by atoms with Crippen molar-refractivity contribution in [3.63, 3.8) is 0 Å². The van der Waals surface area contributed by atoms with Crippen molar-refractivity contribution in [2.24, 2.45) is 0 Å². The lowest BCUT2D eigenvalue weighted by Crippen LogP contribution is -2.04. The van der Waals surface area contributed by atoms with E-state index in [9.17, 15) is 4.39 Å². The fourth-order valence-electron chi connectivity index (χ4n) is 1.70. The van der Waals surface area contributed by atoms with Crippen LogP contribution >= 0.6 is 27.5 Å². The molecule has 106 valence electrons. The summed E-state index contributed by atoms with van der Waals surface area (Å²) >= 11 is 9.27. The molecule has 1 aromatic heterocycles. The first kappa shape index (κ1) is 15.2. The molecule has 0 saturated heterocycles. The molecule has 2 rings (SSSR count). The summed E-state index contributed by atoms with van der Waals surface area (Å²) in [7, 11) is 0. The lowest BCUT2D eigenvalue weighted by Gasteiger charge is -2.11. The first-order valence-corrected chi connectivity index (χ1v) is 7.43. The van der Waals surface area contributed by atoms with Crippen molar-refractivity contribution in [2.75, 3.05) is 5.32 Å². The van der Waals surface area contributed by atoms with Crippen molar-refractivity contribution < 1.29 is 4.39 Å². The minimum Gasteiger partial charge on any atom is -0.340 e. The first-order valence-electron chi connectivity index (χ1n) is 6.26. The van der Waals surface area contributed by atoms with Gasteiger partial charge in [-0.1, -0.05) is 18.5 Å². The van der Waals surface area contributed by atoms with Gasteiger partial charge in [-0.15, -0.1) is 0 Å². The van der Waals surface area contributed by atoms with Gasteiger partial charge in [-0.25, -0.2) is 14.4 Å². The number of hydrogen-bond donors (Lipinski definition) is 1. The quantitative estimate of drug-likeness (QED) is 0.778. The summed E-state index contributed by atoms with van der Waals surface area (Å²) < 4.78 is 13.6. The molecule has 0 fully saturated rings. The van der Waals surface area contributed by atoms with Crippen molar-refractivity contribution in [2.45, 2.75) is 26.7 Å². The summed E-state index contributed by atoms with van der Waals surface area (Å²) in [6.45, 7) is 3.90. The van der Waals surface area contributed by atoms with Crippen LogP contribution in [0, 0.1) is 12.7 Å². The standard InChI is InChI=1S/C14H14BrClFN3/c1-3-4-12-19-13(16)8(2)14(20-12)18-9-5-6-11(17)10(15)7-9/h5-7H,3-4H2,1-2H3,(H,18,19,20). The smallest absolute Gasteiger partial charge is 0.138 e. The molecule has 1 heterocycles. The first-order chi connectivity index (χ1) is 9.51. The van der Waals surface area contributed by atoms with Crippen molar-refractivity contribution in [1.29, 1.82) is 0 Å². The van der Waals surface area contributed by atoms with Crippen LogP contribution in [0.5, 0.6) is 0 Å². The Morgan fingerprint density at radius 2 is 2.10 bits per heavy atom. The highest BCUT2D eigenvalue weighted by molar-refractivity contribution is 9.10. The Balaban J connectivity index is 2.34. The van der Waals surface area contributed by atoms with Gasteiger partial charge >= 0.3 is 0 Å². The highest BCUT2D eigenvalue weighted by Crippen LogP contribution is 2.26. The maximum Gasteiger partial charge on any atom is 0.138 e. The van der Waals surface area contributed by atoms with E-state index in [1.807, 2.05) is 6.92 Å². The van der Waals surface area contributed by atoms with Crippen molar-refractivity contribution >= 4 is 39.0 Å². The van der Waals surface area contributed by atoms with Gasteiger partial charge in [0.25, 0.3) is 0 Å². The lowest BCUT2D eigenvalue weighted by atomic mass is 10.2. The number of hydrogen-bond acceptors (Lipinski definition) is 3. The van der Waals surface area contributed by atoms with E-state index in [1.54, 1.807) is 12.1 Å². The van der Waals surface area contributed by atoms with Gasteiger partial charge in [-0.05, 0) is 47.5 Å². The van der Waals surface area contributed by atoms with Gasteiger partial charge in [0.1, 0.15) is 22.6 Å². The van der Waals surface area contributed by atoms with Gasteiger partial charge in [0, 0.05) is 17.7 Å². The molecule has 0 unspecified atom stereocenters. The maximum absolute atomic E-state index is 13.2. The number of halogens is 3. The zero-order valence-corrected chi connectivity index (χ0v) is 13.5. The Morgan fingerprint density at radius 1 is 1.35 bits per heavy atom. The van der Waals surface area contributed by atoms with Gasteiger partial charge in [-0.2, -0.15) is 0 Å². The Morgan fingerprint density at radius 3 is 2.75 bits per heavy atom. The number of aryl methyl sites for hydroxylation is 1. The summed E-state index contributed by atoms with van der Waals surface area (Å²) in [5.74, 6) is 1.04. The van der Waals surface area contributed by atoms with E-state index in [0.717, 1.165) is 24.1 Å². The topological polar surface area (TPSA) is 37.8 Å². The molecule has 0 radical (unpaired) electrons. The third-order valence-corrected chi connectivity index (χ3v) is 3.76. The number of nitrogens with zero attached hydrogens (tertiary/aromatic N) is 2. The predicted molar refractivity (Wildman–Crippen MR) is 83.2 cm³/mol. The van der Waals surface area contributed by atoms with Crippen LogP contribution in [-0.4, -0.2) is 9.97 Å². The molecule has 6 heteroatoms. The SMILES string of the molecule is CCCc1nc(Cl)c(C)c(Nc2ccc(F)c(Br)c2)n1. The minimum absolute atomic E-state index is 0.306. The second-order valence-corrected chi connectivity index (χ2v) is 5.62. The van der Waals surface area contributed by atoms with Gasteiger partial charge in [-0.3, -0.25) is 0 Å². The third-order valence-electron chi connectivity index (χ3n) is 2.79. The molecule has 1 aromatic carbocycles. The zero-order chi connectivity index (χ0) is 14.7. The predicted octanol–water partition coefficient (Wildman–Crippen LogP) is 5.04. The summed E-state index contributed by atoms with van der Waals surface area (Å²) in [5, 5.41) is 3.58. The van der Waals surface area contributed by atoms with Gasteiger partial charge < -0.3 is 5.32 Å². The molecule has 20 heavy (non-hydrogen) atoms. The zero-order valence-electron chi connectivity index (χ0n) is 11.2. The Bertz CT molecular complexity index is 634. The molecule has 2 aromatic rings. The molecule has 1 N–H and O–H groups in total. The molecule has 0 aliphatic heterocycles. The fraction of sp³-hybridized carbons (Fsp3) is 0.286. The largest absolute Gasteiger partial charge is 0.340 e. The Hall–Kier alpha value is -1.20. The van der Waals surface area contributed by atoms with E-state index < -0.39 is 0 Å². The molecule has 0 aliphatic carbocycles. The van der Waals surface area contributed by atoms with Gasteiger partial charge in [0.15, 0.2) is 0 Å². The number of benzene rings is 1. The fourth-order valence-corrected chi connectivity index (χ4v) is 2.27. The summed E-state index contributed by atoms with van der Waals surface area (Å²) in [5.41, 5.74) is 1.51. The van der Waals surface area contributed by atoms with Gasteiger partial charge in [0.05, 0.1) is 4.47 Å². The van der Waals surface area contributed by atoms with Crippen molar-refractivity contribution in [3.05, 3.63) is 45.0 Å². The van der Waals surface area contributed by atoms with E-state index >= 15 is 0 Å². The lowest BCUT2D eigenvalue weighted by molar-refractivity contribution is 0.621. The second-order valence-electron chi connectivity index (χ2n) is 4.41. The number of rotatable bonds is 4. The summed E-state index contributed by atoms with van der Waals surface area (Å²) in [4.78, 5) is 8.70. The molecular weight excluding hydrogens is 345 g/mol. The number of anilines is 2. The van der Waals surface area contributed by atoms with Crippen LogP contribution in [0.4, 0.5) is 15.9 Å². The van der Waals surface area contributed by atoms with E-state index in [-0.39, 0.29) is 5.82 Å².